The van der Waals surface area contributed by atoms with Gasteiger partial charge in [-0.3, -0.25) is 0 Å². The molecule has 2 aromatic heterocycles. The first kappa shape index (κ1) is 35.4. The molecule has 0 bridgehead atoms. The quantitative estimate of drug-likeness (QED) is 0.125. The molecule has 3 nitrogen and oxygen atoms in total. The second kappa shape index (κ2) is 13.8. The van der Waals surface area contributed by atoms with Crippen molar-refractivity contribution in [2.45, 2.75) is 103 Å². The maximum atomic E-state index is 2.69. The number of aromatic nitrogens is 3. The number of fused-ring (bicyclic) bond motifs is 5. The summed E-state index contributed by atoms with van der Waals surface area (Å²) in [5.74, 6) is 1.61. The third-order valence-corrected chi connectivity index (χ3v) is 13.9. The van der Waals surface area contributed by atoms with Gasteiger partial charge in [0.1, 0.15) is 5.69 Å². The van der Waals surface area contributed by atoms with Gasteiger partial charge in [0, 0.05) is 35.6 Å². The first-order valence-electron chi connectivity index (χ1n) is 20.8. The van der Waals surface area contributed by atoms with E-state index in [2.05, 4.69) is 189 Å². The number of rotatable bonds is 10. The molecule has 4 heterocycles. The zero-order chi connectivity index (χ0) is 37.9. The number of pyridine rings is 1. The Morgan fingerprint density at radius 1 is 0.709 bits per heavy atom. The van der Waals surface area contributed by atoms with Crippen molar-refractivity contribution < 1.29 is 9.13 Å². The van der Waals surface area contributed by atoms with Crippen LogP contribution in [0.15, 0.2) is 134 Å². The van der Waals surface area contributed by atoms with E-state index in [-0.39, 0.29) is 11.0 Å². The fourth-order valence-corrected chi connectivity index (χ4v) is 10.6. The topological polar surface area (TPSA) is 12.7 Å². The summed E-state index contributed by atoms with van der Waals surface area (Å²) in [7, 11) is 0. The molecule has 0 fully saturated rings. The maximum absolute atomic E-state index is 2.69. The zero-order valence-electron chi connectivity index (χ0n) is 33.6. The standard InChI is InChI=1S/C52H55N3/c1-7-10-19-38-26-28-39(29-27-38)40-30-31-45-44(35-40)46-23-15-16-33-54(46)52(9-3,51(45,6)8-2)32-34-53-48-25-17-22-43-37(5)42-21-13-14-24-47(42)55(49(43)48)50(53)41-20-12-11-18-36(41)4/h11-18,20-31,33,35,37H,7-10,19,32,34H2,1-6H3/q+2. The Kier molecular flexibility index (Phi) is 8.88. The van der Waals surface area contributed by atoms with E-state index >= 15 is 0 Å². The van der Waals surface area contributed by atoms with Gasteiger partial charge in [0.2, 0.25) is 5.69 Å². The number of imidazole rings is 1. The van der Waals surface area contributed by atoms with Gasteiger partial charge < -0.3 is 0 Å². The predicted molar refractivity (Wildman–Crippen MR) is 228 cm³/mol. The molecule has 3 heteroatoms. The molecule has 0 saturated heterocycles. The summed E-state index contributed by atoms with van der Waals surface area (Å²) in [6, 6.07) is 48.5. The molecule has 55 heavy (non-hydrogen) atoms. The Morgan fingerprint density at radius 3 is 2.24 bits per heavy atom. The summed E-state index contributed by atoms with van der Waals surface area (Å²) >= 11 is 0. The predicted octanol–water partition coefficient (Wildman–Crippen LogP) is 12.2. The molecule has 3 unspecified atom stereocenters. The smallest absolute Gasteiger partial charge is 0.222 e. The molecule has 0 saturated carbocycles. The normalized spacial score (nSPS) is 19.6. The highest BCUT2D eigenvalue weighted by Gasteiger charge is 2.59. The van der Waals surface area contributed by atoms with E-state index in [1.807, 2.05) is 0 Å². The Labute approximate surface area is 328 Å². The van der Waals surface area contributed by atoms with Gasteiger partial charge in [0.05, 0.1) is 29.5 Å². The summed E-state index contributed by atoms with van der Waals surface area (Å²) in [6.07, 6.45) is 9.08. The SMILES string of the molecule is CCCCc1ccc(-c2ccc3c(c2)-c2cccc[n+]2C(CC)(CC[n+]2c(-c4ccccc4C)n4c5c(cccc52)C(C)c2ccccc2-4)C3(C)CC)cc1. The molecule has 0 aliphatic carbocycles. The van der Waals surface area contributed by atoms with Crippen molar-refractivity contribution in [2.75, 3.05) is 0 Å². The third kappa shape index (κ3) is 5.29. The highest BCUT2D eigenvalue weighted by atomic mass is 15.2. The fraction of sp³-hybridized carbons (Fsp3) is 0.308. The van der Waals surface area contributed by atoms with Crippen molar-refractivity contribution in [1.82, 2.24) is 4.57 Å². The number of hydrogen-bond acceptors (Lipinski definition) is 0. The van der Waals surface area contributed by atoms with Crippen LogP contribution in [0.3, 0.4) is 0 Å². The summed E-state index contributed by atoms with van der Waals surface area (Å²) < 4.78 is 7.95. The number of benzene rings is 5. The minimum atomic E-state index is -0.152. The molecular formula is C52H55N3+2. The van der Waals surface area contributed by atoms with Crippen LogP contribution in [-0.2, 0) is 23.9 Å². The Bertz CT molecular complexity index is 2560. The first-order chi connectivity index (χ1) is 26.8. The lowest BCUT2D eigenvalue weighted by atomic mass is 9.58. The van der Waals surface area contributed by atoms with Crippen LogP contribution < -0.4 is 9.13 Å². The molecule has 0 spiro atoms. The molecule has 0 N–H and O–H groups in total. The summed E-state index contributed by atoms with van der Waals surface area (Å²) in [5.41, 5.74) is 17.3. The van der Waals surface area contributed by atoms with E-state index in [1.165, 1.54) is 91.2 Å². The summed E-state index contributed by atoms with van der Waals surface area (Å²) in [6.45, 7) is 15.2. The van der Waals surface area contributed by atoms with Crippen LogP contribution in [0.5, 0.6) is 0 Å². The van der Waals surface area contributed by atoms with E-state index in [0.29, 0.717) is 5.92 Å². The van der Waals surface area contributed by atoms with Crippen LogP contribution in [-0.4, -0.2) is 4.57 Å². The molecule has 276 valence electrons. The number of unbranched alkanes of at least 4 members (excludes halogenated alkanes) is 1. The molecular weight excluding hydrogens is 667 g/mol. The largest absolute Gasteiger partial charge is 0.295 e. The highest BCUT2D eigenvalue weighted by molar-refractivity contribution is 5.86. The maximum Gasteiger partial charge on any atom is 0.295 e. The van der Waals surface area contributed by atoms with Crippen molar-refractivity contribution in [2.24, 2.45) is 0 Å². The van der Waals surface area contributed by atoms with Crippen LogP contribution in [0.25, 0.3) is 50.5 Å². The molecule has 9 rings (SSSR count). The highest BCUT2D eigenvalue weighted by Crippen LogP contribution is 2.52. The monoisotopic (exact) mass is 721 g/mol. The molecule has 2 aliphatic rings. The molecule has 0 radical (unpaired) electrons. The van der Waals surface area contributed by atoms with Crippen LogP contribution >= 0.6 is 0 Å². The van der Waals surface area contributed by atoms with Crippen molar-refractivity contribution in [3.8, 4) is 39.5 Å². The lowest BCUT2D eigenvalue weighted by molar-refractivity contribution is -0.779. The number of aryl methyl sites for hydroxylation is 3. The Hall–Kier alpha value is -5.28. The number of hydrogen-bond donors (Lipinski definition) is 0. The summed E-state index contributed by atoms with van der Waals surface area (Å²) in [4.78, 5) is 0. The van der Waals surface area contributed by atoms with Gasteiger partial charge in [0.15, 0.2) is 22.8 Å². The Balaban J connectivity index is 1.20. The van der Waals surface area contributed by atoms with Crippen molar-refractivity contribution in [1.29, 1.82) is 0 Å². The minimum absolute atomic E-state index is 0.0966. The molecule has 7 aromatic rings. The van der Waals surface area contributed by atoms with Crippen molar-refractivity contribution in [3.63, 3.8) is 0 Å². The average Bonchev–Trinajstić information content (AvgIpc) is 3.56. The lowest BCUT2D eigenvalue weighted by Crippen LogP contribution is -2.70. The van der Waals surface area contributed by atoms with Gasteiger partial charge in [0.25, 0.3) is 5.82 Å². The van der Waals surface area contributed by atoms with E-state index in [0.717, 1.165) is 32.2 Å². The first-order valence-corrected chi connectivity index (χ1v) is 20.8. The summed E-state index contributed by atoms with van der Waals surface area (Å²) in [5, 5.41) is 0. The van der Waals surface area contributed by atoms with E-state index < -0.39 is 0 Å². The Morgan fingerprint density at radius 2 is 1.45 bits per heavy atom. The number of nitrogens with zero attached hydrogens (tertiary/aromatic N) is 3. The van der Waals surface area contributed by atoms with Gasteiger partial charge in [-0.25, -0.2) is 4.57 Å². The van der Waals surface area contributed by atoms with Crippen molar-refractivity contribution >= 4 is 11.0 Å². The third-order valence-electron chi connectivity index (χ3n) is 13.9. The van der Waals surface area contributed by atoms with Crippen LogP contribution in [0.1, 0.15) is 100 Å². The van der Waals surface area contributed by atoms with Crippen LogP contribution in [0.4, 0.5) is 0 Å². The molecule has 3 atom stereocenters. The number of para-hydroxylation sites is 2. The average molecular weight is 722 g/mol. The molecule has 5 aromatic carbocycles. The van der Waals surface area contributed by atoms with E-state index in [9.17, 15) is 0 Å². The van der Waals surface area contributed by atoms with Gasteiger partial charge in [-0.15, -0.1) is 0 Å². The lowest BCUT2D eigenvalue weighted by Gasteiger charge is -2.48. The van der Waals surface area contributed by atoms with Crippen LogP contribution in [0, 0.1) is 6.92 Å². The van der Waals surface area contributed by atoms with Crippen LogP contribution in [0.2, 0.25) is 0 Å². The molecule has 2 aliphatic heterocycles. The van der Waals surface area contributed by atoms with Gasteiger partial charge in [-0.05, 0) is 91.3 Å². The second-order valence-electron chi connectivity index (χ2n) is 16.5. The molecule has 0 amide bonds. The van der Waals surface area contributed by atoms with Gasteiger partial charge in [-0.1, -0.05) is 119 Å². The minimum Gasteiger partial charge on any atom is -0.222 e. The zero-order valence-corrected chi connectivity index (χ0v) is 33.6. The van der Waals surface area contributed by atoms with E-state index in [4.69, 9.17) is 0 Å². The second-order valence-corrected chi connectivity index (χ2v) is 16.5. The fourth-order valence-electron chi connectivity index (χ4n) is 10.6. The van der Waals surface area contributed by atoms with Gasteiger partial charge in [-0.2, -0.15) is 9.13 Å². The van der Waals surface area contributed by atoms with E-state index in [1.54, 1.807) is 0 Å². The van der Waals surface area contributed by atoms with Crippen molar-refractivity contribution in [3.05, 3.63) is 161 Å². The van der Waals surface area contributed by atoms with Gasteiger partial charge >= 0.3 is 0 Å².